The van der Waals surface area contributed by atoms with Crippen molar-refractivity contribution in [2.75, 3.05) is 52.7 Å². The van der Waals surface area contributed by atoms with Crippen molar-refractivity contribution in [3.05, 3.63) is 165 Å². The van der Waals surface area contributed by atoms with Crippen molar-refractivity contribution in [2.24, 2.45) is 0 Å². The molecule has 56 heavy (non-hydrogen) atoms. The monoisotopic (exact) mass is 759 g/mol. The Morgan fingerprint density at radius 1 is 0.500 bits per heavy atom. The zero-order valence-corrected chi connectivity index (χ0v) is 30.5. The number of hydrogen-bond donors (Lipinski definition) is 0. The summed E-state index contributed by atoms with van der Waals surface area (Å²) in [6, 6.07) is 35.5. The third-order valence-corrected chi connectivity index (χ3v) is 9.09. The van der Waals surface area contributed by atoms with Crippen molar-refractivity contribution in [1.29, 1.82) is 0 Å². The molecule has 0 N–H and O–H groups in total. The molecule has 0 fully saturated rings. The summed E-state index contributed by atoms with van der Waals surface area (Å²) in [7, 11) is 0. The van der Waals surface area contributed by atoms with Crippen LogP contribution in [0.5, 0.6) is 11.5 Å². The van der Waals surface area contributed by atoms with Crippen LogP contribution in [0.4, 0.5) is 8.78 Å². The van der Waals surface area contributed by atoms with Crippen LogP contribution in [0.3, 0.4) is 0 Å². The molecule has 0 unspecified atom stereocenters. The van der Waals surface area contributed by atoms with Gasteiger partial charge in [-0.1, -0.05) is 30.3 Å². The molecular formula is C45H39F2NO8. The Balaban J connectivity index is 0.839. The molecule has 0 bridgehead atoms. The normalized spacial score (nSPS) is 11.4. The molecule has 0 spiro atoms. The molecule has 2 heterocycles. The predicted molar refractivity (Wildman–Crippen MR) is 210 cm³/mol. The summed E-state index contributed by atoms with van der Waals surface area (Å²) in [5.74, 6) is 0.987. The van der Waals surface area contributed by atoms with Crippen LogP contribution in [0.1, 0.15) is 5.56 Å². The number of halogens is 2. The van der Waals surface area contributed by atoms with E-state index in [9.17, 15) is 18.4 Å². The minimum atomic E-state index is -0.610. The molecule has 9 nitrogen and oxygen atoms in total. The molecule has 0 atom stereocenters. The van der Waals surface area contributed by atoms with E-state index in [1.54, 1.807) is 60.7 Å². The third-order valence-electron chi connectivity index (χ3n) is 9.09. The number of fused-ring (bicyclic) bond motifs is 2. The number of nitrogens with zero attached hydrogens (tertiary/aromatic N) is 1. The summed E-state index contributed by atoms with van der Waals surface area (Å²) in [6.07, 6.45) is 0. The highest BCUT2D eigenvalue weighted by atomic mass is 19.1. The van der Waals surface area contributed by atoms with E-state index >= 15 is 0 Å². The lowest BCUT2D eigenvalue weighted by Gasteiger charge is -2.23. The van der Waals surface area contributed by atoms with Gasteiger partial charge in [0.1, 0.15) is 59.0 Å². The third kappa shape index (κ3) is 9.74. The van der Waals surface area contributed by atoms with Crippen LogP contribution >= 0.6 is 0 Å². The summed E-state index contributed by atoms with van der Waals surface area (Å²) >= 11 is 0. The minimum absolute atomic E-state index is 0.0167. The maximum Gasteiger partial charge on any atom is 0.193 e. The van der Waals surface area contributed by atoms with Gasteiger partial charge in [-0.3, -0.25) is 14.5 Å². The quantitative estimate of drug-likeness (QED) is 0.0798. The fourth-order valence-corrected chi connectivity index (χ4v) is 6.13. The van der Waals surface area contributed by atoms with Crippen LogP contribution in [0.15, 0.2) is 146 Å². The maximum atomic E-state index is 14.5. The van der Waals surface area contributed by atoms with Crippen LogP contribution in [0, 0.1) is 11.6 Å². The first kappa shape index (κ1) is 38.1. The van der Waals surface area contributed by atoms with Gasteiger partial charge in [0.25, 0.3) is 0 Å². The average molecular weight is 760 g/mol. The molecule has 5 aromatic carbocycles. The standard InChI is InChI=1S/C45H39F2NO8/c46-38-8-5-9-39(47)37(38)30-48(20-22-51-24-26-53-33-16-12-31(13-17-33)44-28-40(49)35-6-1-3-10-42(35)55-44)21-23-52-25-27-54-34-18-14-32(15-19-34)45-29-41(50)36-7-2-4-11-43(36)56-45/h1-19,28-29H,20-27,30H2. The molecule has 11 heteroatoms. The second-order valence-electron chi connectivity index (χ2n) is 12.9. The lowest BCUT2D eigenvalue weighted by molar-refractivity contribution is 0.0527. The van der Waals surface area contributed by atoms with Crippen LogP contribution in [-0.4, -0.2) is 57.6 Å². The Labute approximate surface area is 321 Å². The van der Waals surface area contributed by atoms with Crippen molar-refractivity contribution in [3.63, 3.8) is 0 Å². The van der Waals surface area contributed by atoms with Crippen molar-refractivity contribution >= 4 is 21.9 Å². The van der Waals surface area contributed by atoms with E-state index in [1.807, 2.05) is 41.3 Å². The van der Waals surface area contributed by atoms with E-state index in [0.29, 0.717) is 84.5 Å². The van der Waals surface area contributed by atoms with Gasteiger partial charge in [0, 0.05) is 48.5 Å². The Morgan fingerprint density at radius 3 is 1.41 bits per heavy atom. The van der Waals surface area contributed by atoms with Crippen molar-refractivity contribution < 1.29 is 36.6 Å². The molecule has 0 aliphatic heterocycles. The molecule has 7 aromatic rings. The van der Waals surface area contributed by atoms with Gasteiger partial charge in [-0.05, 0) is 84.9 Å². The van der Waals surface area contributed by atoms with E-state index in [4.69, 9.17) is 27.8 Å². The van der Waals surface area contributed by atoms with E-state index in [-0.39, 0.29) is 36.2 Å². The fourth-order valence-electron chi connectivity index (χ4n) is 6.13. The lowest BCUT2D eigenvalue weighted by atomic mass is 10.1. The largest absolute Gasteiger partial charge is 0.491 e. The summed E-state index contributed by atoms with van der Waals surface area (Å²) in [5.41, 5.74) is 2.33. The van der Waals surface area contributed by atoms with E-state index in [1.165, 1.54) is 30.3 Å². The molecule has 7 rings (SSSR count). The van der Waals surface area contributed by atoms with E-state index in [2.05, 4.69) is 0 Å². The highest BCUT2D eigenvalue weighted by Gasteiger charge is 2.14. The van der Waals surface area contributed by atoms with E-state index < -0.39 is 11.6 Å². The summed E-state index contributed by atoms with van der Waals surface area (Å²) in [4.78, 5) is 26.8. The van der Waals surface area contributed by atoms with Gasteiger partial charge < -0.3 is 27.8 Å². The molecule has 0 aliphatic rings. The molecule has 0 amide bonds. The van der Waals surface area contributed by atoms with Gasteiger partial charge in [0.15, 0.2) is 10.9 Å². The molecule has 0 aliphatic carbocycles. The first-order chi connectivity index (χ1) is 27.4. The molecule has 0 radical (unpaired) electrons. The predicted octanol–water partition coefficient (Wildman–Crippen LogP) is 8.50. The zero-order valence-electron chi connectivity index (χ0n) is 30.5. The highest BCUT2D eigenvalue weighted by molar-refractivity contribution is 5.79. The number of para-hydroxylation sites is 2. The van der Waals surface area contributed by atoms with Crippen molar-refractivity contribution in [2.45, 2.75) is 6.54 Å². The van der Waals surface area contributed by atoms with Gasteiger partial charge in [-0.15, -0.1) is 0 Å². The summed E-state index contributed by atoms with van der Waals surface area (Å²) < 4.78 is 64.1. The average Bonchev–Trinajstić information content (AvgIpc) is 3.22. The number of benzene rings is 5. The highest BCUT2D eigenvalue weighted by Crippen LogP contribution is 2.26. The number of rotatable bonds is 18. The van der Waals surface area contributed by atoms with E-state index in [0.717, 1.165) is 11.1 Å². The smallest absolute Gasteiger partial charge is 0.193 e. The molecule has 0 saturated heterocycles. The van der Waals surface area contributed by atoms with Crippen LogP contribution < -0.4 is 20.3 Å². The van der Waals surface area contributed by atoms with Crippen molar-refractivity contribution in [1.82, 2.24) is 4.90 Å². The van der Waals surface area contributed by atoms with Gasteiger partial charge in [0.2, 0.25) is 0 Å². The maximum absolute atomic E-state index is 14.5. The topological polar surface area (TPSA) is 101 Å². The first-order valence-electron chi connectivity index (χ1n) is 18.2. The van der Waals surface area contributed by atoms with Gasteiger partial charge in [0.05, 0.1) is 37.2 Å². The lowest BCUT2D eigenvalue weighted by Crippen LogP contribution is -2.32. The Bertz CT molecular complexity index is 2330. The number of hydrogen-bond acceptors (Lipinski definition) is 9. The van der Waals surface area contributed by atoms with Gasteiger partial charge in [-0.2, -0.15) is 0 Å². The zero-order chi connectivity index (χ0) is 38.7. The van der Waals surface area contributed by atoms with Crippen LogP contribution in [0.2, 0.25) is 0 Å². The molecule has 0 saturated carbocycles. The van der Waals surface area contributed by atoms with Crippen molar-refractivity contribution in [3.8, 4) is 34.1 Å². The van der Waals surface area contributed by atoms with Gasteiger partial charge in [-0.25, -0.2) is 8.78 Å². The SMILES string of the molecule is O=c1cc(-c2ccc(OCCOCCN(CCOCCOc3ccc(-c4cc(=O)c5ccccc5o4)cc3)Cc3c(F)cccc3F)cc2)oc2ccccc12. The minimum Gasteiger partial charge on any atom is -0.491 e. The second kappa shape index (κ2) is 18.5. The van der Waals surface area contributed by atoms with Gasteiger partial charge >= 0.3 is 0 Å². The Hall–Kier alpha value is -6.14. The number of ether oxygens (including phenoxy) is 4. The molecular weight excluding hydrogens is 720 g/mol. The second-order valence-corrected chi connectivity index (χ2v) is 12.9. The molecule has 2 aromatic heterocycles. The van der Waals surface area contributed by atoms with Crippen LogP contribution in [0.25, 0.3) is 44.6 Å². The molecule has 286 valence electrons. The Kier molecular flexibility index (Phi) is 12.6. The summed E-state index contributed by atoms with van der Waals surface area (Å²) in [5, 5.41) is 1.07. The van der Waals surface area contributed by atoms with Crippen LogP contribution in [-0.2, 0) is 16.0 Å². The first-order valence-corrected chi connectivity index (χ1v) is 18.2. The Morgan fingerprint density at radius 2 is 0.946 bits per heavy atom. The fraction of sp³-hybridized carbons (Fsp3) is 0.200. The summed E-state index contributed by atoms with van der Waals surface area (Å²) in [6.45, 7) is 2.65.